The van der Waals surface area contributed by atoms with Crippen LogP contribution >= 0.6 is 0 Å². The van der Waals surface area contributed by atoms with Crippen LogP contribution in [0.2, 0.25) is 0 Å². The van der Waals surface area contributed by atoms with E-state index in [1.54, 1.807) is 6.92 Å². The van der Waals surface area contributed by atoms with E-state index >= 15 is 0 Å². The molecule has 1 aliphatic rings. The van der Waals surface area contributed by atoms with Gasteiger partial charge in [-0.25, -0.2) is 18.0 Å². The minimum Gasteiger partial charge on any atom is -0.480 e. The van der Waals surface area contributed by atoms with Crippen LogP contribution in [-0.4, -0.2) is 43.4 Å². The maximum atomic E-state index is 11.4. The van der Waals surface area contributed by atoms with E-state index in [1.165, 1.54) is 6.08 Å². The molecular formula is C9H14N2O5S. The van der Waals surface area contributed by atoms with Gasteiger partial charge in [0.15, 0.2) is 9.84 Å². The molecule has 2 amide bonds. The average Bonchev–Trinajstić information content (AvgIpc) is 2.54. The molecule has 0 saturated heterocycles. The zero-order valence-electron chi connectivity index (χ0n) is 9.21. The molecule has 8 heteroatoms. The lowest BCUT2D eigenvalue weighted by Gasteiger charge is -2.15. The van der Waals surface area contributed by atoms with Crippen molar-refractivity contribution in [2.45, 2.75) is 25.4 Å². The summed E-state index contributed by atoms with van der Waals surface area (Å²) in [6, 6.07) is -2.27. The first-order valence-corrected chi connectivity index (χ1v) is 6.76. The predicted molar refractivity (Wildman–Crippen MR) is 60.1 cm³/mol. The van der Waals surface area contributed by atoms with Gasteiger partial charge in [0.05, 0.1) is 11.8 Å². The summed E-state index contributed by atoms with van der Waals surface area (Å²) in [6.07, 6.45) is 1.61. The Morgan fingerprint density at radius 3 is 2.59 bits per heavy atom. The Morgan fingerprint density at radius 2 is 2.18 bits per heavy atom. The van der Waals surface area contributed by atoms with Crippen molar-refractivity contribution >= 4 is 21.8 Å². The van der Waals surface area contributed by atoms with E-state index in [0.29, 0.717) is 0 Å². The molecule has 0 bridgehead atoms. The van der Waals surface area contributed by atoms with Crippen molar-refractivity contribution in [1.29, 1.82) is 0 Å². The summed E-state index contributed by atoms with van der Waals surface area (Å²) in [7, 11) is -3.23. The fraction of sp³-hybridized carbons (Fsp3) is 0.556. The second-order valence-electron chi connectivity index (χ2n) is 3.68. The summed E-state index contributed by atoms with van der Waals surface area (Å²) in [4.78, 5) is 22.0. The summed E-state index contributed by atoms with van der Waals surface area (Å²) in [5, 5.41) is 14.4. The first kappa shape index (κ1) is 13.5. The lowest BCUT2D eigenvalue weighted by molar-refractivity contribution is -0.139. The van der Waals surface area contributed by atoms with E-state index in [2.05, 4.69) is 10.6 Å². The van der Waals surface area contributed by atoms with E-state index in [4.69, 9.17) is 5.11 Å². The van der Waals surface area contributed by atoms with E-state index in [9.17, 15) is 18.0 Å². The number of aliphatic carboxylic acids is 1. The second kappa shape index (κ2) is 5.17. The Bertz CT molecular complexity index is 442. The molecule has 0 aromatic heterocycles. The van der Waals surface area contributed by atoms with Crippen molar-refractivity contribution in [2.75, 3.05) is 5.75 Å². The summed E-state index contributed by atoms with van der Waals surface area (Å²) in [5.74, 6) is -1.32. The lowest BCUT2D eigenvalue weighted by atomic mass is 10.2. The lowest BCUT2D eigenvalue weighted by Crippen LogP contribution is -2.49. The Balaban J connectivity index is 2.46. The molecule has 1 heterocycles. The van der Waals surface area contributed by atoms with Crippen molar-refractivity contribution in [2.24, 2.45) is 0 Å². The average molecular weight is 262 g/mol. The van der Waals surface area contributed by atoms with Gasteiger partial charge in [-0.3, -0.25) is 0 Å². The van der Waals surface area contributed by atoms with E-state index < -0.39 is 33.9 Å². The molecule has 2 atom stereocenters. The van der Waals surface area contributed by atoms with E-state index in [1.807, 2.05) is 0 Å². The van der Waals surface area contributed by atoms with Gasteiger partial charge in [-0.15, -0.1) is 0 Å². The van der Waals surface area contributed by atoms with Crippen molar-refractivity contribution in [3.8, 4) is 0 Å². The molecule has 0 spiro atoms. The second-order valence-corrected chi connectivity index (χ2v) is 5.61. The standard InChI is InChI=1S/C9H14N2O5S/c1-2-7(8(12)13)11-9(14)10-6-3-4-17(15,16)5-6/h3-4,6-7H,2,5H2,1H3,(H,12,13)(H2,10,11,14). The van der Waals surface area contributed by atoms with Gasteiger partial charge in [-0.05, 0) is 12.5 Å². The number of urea groups is 1. The van der Waals surface area contributed by atoms with Crippen LogP contribution in [0.4, 0.5) is 4.79 Å². The highest BCUT2D eigenvalue weighted by Gasteiger charge is 2.24. The molecule has 2 unspecified atom stereocenters. The van der Waals surface area contributed by atoms with Crippen molar-refractivity contribution < 1.29 is 23.1 Å². The fourth-order valence-electron chi connectivity index (χ4n) is 1.37. The number of carboxylic acid groups (broad SMARTS) is 1. The quantitative estimate of drug-likeness (QED) is 0.629. The van der Waals surface area contributed by atoms with E-state index in [-0.39, 0.29) is 12.2 Å². The molecule has 96 valence electrons. The molecule has 0 aromatic rings. The third kappa shape index (κ3) is 4.06. The molecule has 0 saturated carbocycles. The monoisotopic (exact) mass is 262 g/mol. The minimum absolute atomic E-state index is 0.190. The SMILES string of the molecule is CCC(NC(=O)NC1C=CS(=O)(=O)C1)C(=O)O. The van der Waals surface area contributed by atoms with Crippen LogP contribution in [0.25, 0.3) is 0 Å². The van der Waals surface area contributed by atoms with Crippen molar-refractivity contribution in [1.82, 2.24) is 10.6 Å². The number of carbonyl (C=O) groups is 2. The number of carbonyl (C=O) groups excluding carboxylic acids is 1. The van der Waals surface area contributed by atoms with Crippen molar-refractivity contribution in [3.05, 3.63) is 11.5 Å². The van der Waals surface area contributed by atoms with Gasteiger partial charge in [0.1, 0.15) is 6.04 Å². The third-order valence-corrected chi connectivity index (χ3v) is 3.65. The third-order valence-electron chi connectivity index (χ3n) is 2.26. The van der Waals surface area contributed by atoms with Crippen LogP contribution in [0.1, 0.15) is 13.3 Å². The van der Waals surface area contributed by atoms with Crippen molar-refractivity contribution in [3.63, 3.8) is 0 Å². The topological polar surface area (TPSA) is 113 Å². The van der Waals surface area contributed by atoms with Gasteiger partial charge in [0.25, 0.3) is 0 Å². The Kier molecular flexibility index (Phi) is 4.11. The van der Waals surface area contributed by atoms with Crippen LogP contribution in [0.3, 0.4) is 0 Å². The molecular weight excluding hydrogens is 248 g/mol. The molecule has 0 radical (unpaired) electrons. The molecule has 1 rings (SSSR count). The normalized spacial score (nSPS) is 23.0. The molecule has 0 aromatic carbocycles. The van der Waals surface area contributed by atoms with Gasteiger partial charge in [-0.2, -0.15) is 0 Å². The number of amides is 2. The van der Waals surface area contributed by atoms with Gasteiger partial charge in [0, 0.05) is 5.41 Å². The first-order chi connectivity index (χ1) is 7.84. The van der Waals surface area contributed by atoms with Gasteiger partial charge in [0.2, 0.25) is 0 Å². The zero-order valence-corrected chi connectivity index (χ0v) is 10.0. The highest BCUT2D eigenvalue weighted by Crippen LogP contribution is 2.07. The van der Waals surface area contributed by atoms with Crippen LogP contribution in [0, 0.1) is 0 Å². The Morgan fingerprint density at radius 1 is 1.53 bits per heavy atom. The van der Waals surface area contributed by atoms with E-state index in [0.717, 1.165) is 5.41 Å². The van der Waals surface area contributed by atoms with Crippen LogP contribution in [0.15, 0.2) is 11.5 Å². The Hall–Kier alpha value is -1.57. The van der Waals surface area contributed by atoms with Gasteiger partial charge in [-0.1, -0.05) is 6.92 Å². The zero-order chi connectivity index (χ0) is 13.1. The predicted octanol–water partition coefficient (Wildman–Crippen LogP) is -0.540. The Labute approximate surface area is 98.8 Å². The van der Waals surface area contributed by atoms with Gasteiger partial charge >= 0.3 is 12.0 Å². The molecule has 3 N–H and O–H groups in total. The summed E-state index contributed by atoms with van der Waals surface area (Å²) in [6.45, 7) is 1.62. The summed E-state index contributed by atoms with van der Waals surface area (Å²) < 4.78 is 22.1. The number of sulfone groups is 1. The molecule has 17 heavy (non-hydrogen) atoms. The number of carboxylic acids is 1. The maximum absolute atomic E-state index is 11.4. The number of hydrogen-bond donors (Lipinski definition) is 3. The molecule has 0 fully saturated rings. The maximum Gasteiger partial charge on any atom is 0.326 e. The largest absolute Gasteiger partial charge is 0.480 e. The van der Waals surface area contributed by atoms with Crippen LogP contribution < -0.4 is 10.6 Å². The summed E-state index contributed by atoms with van der Waals surface area (Å²) >= 11 is 0. The minimum atomic E-state index is -3.23. The molecule has 0 aliphatic carbocycles. The highest BCUT2D eigenvalue weighted by molar-refractivity contribution is 7.94. The smallest absolute Gasteiger partial charge is 0.326 e. The molecule has 7 nitrogen and oxygen atoms in total. The van der Waals surface area contributed by atoms with Gasteiger partial charge < -0.3 is 15.7 Å². The first-order valence-electron chi connectivity index (χ1n) is 5.05. The number of nitrogens with one attached hydrogen (secondary N) is 2. The van der Waals surface area contributed by atoms with Crippen LogP contribution in [0.5, 0.6) is 0 Å². The molecule has 1 aliphatic heterocycles. The highest BCUT2D eigenvalue weighted by atomic mass is 32.2. The van der Waals surface area contributed by atoms with Crippen LogP contribution in [-0.2, 0) is 14.6 Å². The number of hydrogen-bond acceptors (Lipinski definition) is 4. The number of rotatable bonds is 4. The fourth-order valence-corrected chi connectivity index (χ4v) is 2.61. The summed E-state index contributed by atoms with van der Waals surface area (Å²) in [5.41, 5.74) is 0.